The molecule has 5 heteroatoms. The van der Waals surface area contributed by atoms with Crippen LogP contribution in [-0.4, -0.2) is 22.6 Å². The first kappa shape index (κ1) is 10.8. The number of nitrogens with one attached hydrogen (secondary N) is 1. The largest absolute Gasteiger partial charge is 0.480 e. The summed E-state index contributed by atoms with van der Waals surface area (Å²) in [6.45, 7) is 3.48. The highest BCUT2D eigenvalue weighted by Crippen LogP contribution is 2.20. The lowest BCUT2D eigenvalue weighted by molar-refractivity contribution is -0.134. The molecule has 0 radical (unpaired) electrons. The SMILES string of the molecule is Cc1cc(NCC(=O)O)nc(C)c1Cl. The molecule has 2 N–H and O–H groups in total. The summed E-state index contributed by atoms with van der Waals surface area (Å²) in [5.74, 6) is -0.385. The van der Waals surface area contributed by atoms with Gasteiger partial charge in [0.2, 0.25) is 0 Å². The van der Waals surface area contributed by atoms with E-state index in [1.54, 1.807) is 13.0 Å². The van der Waals surface area contributed by atoms with Crippen LogP contribution in [0.25, 0.3) is 0 Å². The highest BCUT2D eigenvalue weighted by molar-refractivity contribution is 6.32. The number of carboxylic acids is 1. The molecule has 0 bridgehead atoms. The van der Waals surface area contributed by atoms with Crippen LogP contribution in [0.15, 0.2) is 6.07 Å². The Kier molecular flexibility index (Phi) is 3.30. The second-order valence-electron chi connectivity index (χ2n) is 2.97. The number of hydrogen-bond acceptors (Lipinski definition) is 3. The van der Waals surface area contributed by atoms with Crippen LogP contribution in [0.3, 0.4) is 0 Å². The molecular weight excluding hydrogens is 204 g/mol. The number of aliphatic carboxylic acids is 1. The molecule has 1 rings (SSSR count). The molecule has 0 unspecified atom stereocenters. The molecule has 0 amide bonds. The van der Waals surface area contributed by atoms with E-state index < -0.39 is 5.97 Å². The summed E-state index contributed by atoms with van der Waals surface area (Å²) in [7, 11) is 0. The Labute approximate surface area is 86.9 Å². The van der Waals surface area contributed by atoms with E-state index in [0.717, 1.165) is 5.56 Å². The number of anilines is 1. The Bertz CT molecular complexity index is 343. The van der Waals surface area contributed by atoms with Crippen LogP contribution >= 0.6 is 11.6 Å². The standard InChI is InChI=1S/C9H11ClN2O2/c1-5-3-7(11-4-8(13)14)12-6(2)9(5)10/h3H,4H2,1-2H3,(H,11,12)(H,13,14). The summed E-state index contributed by atoms with van der Waals surface area (Å²) in [4.78, 5) is 14.4. The Balaban J connectivity index is 2.84. The van der Waals surface area contributed by atoms with Crippen LogP contribution in [0.4, 0.5) is 5.82 Å². The maximum atomic E-state index is 10.3. The molecule has 0 aliphatic carbocycles. The van der Waals surface area contributed by atoms with E-state index in [4.69, 9.17) is 16.7 Å². The molecule has 14 heavy (non-hydrogen) atoms. The number of halogens is 1. The molecular formula is C9H11ClN2O2. The molecule has 76 valence electrons. The van der Waals surface area contributed by atoms with E-state index in [2.05, 4.69) is 10.3 Å². The van der Waals surface area contributed by atoms with E-state index in [1.165, 1.54) is 0 Å². The fourth-order valence-corrected chi connectivity index (χ4v) is 1.17. The van der Waals surface area contributed by atoms with Crippen LogP contribution < -0.4 is 5.32 Å². The van der Waals surface area contributed by atoms with Crippen molar-refractivity contribution in [3.05, 3.63) is 22.3 Å². The third-order valence-electron chi connectivity index (χ3n) is 1.73. The van der Waals surface area contributed by atoms with Gasteiger partial charge in [-0.15, -0.1) is 0 Å². The molecule has 0 saturated heterocycles. The fourth-order valence-electron chi connectivity index (χ4n) is 1.07. The molecule has 4 nitrogen and oxygen atoms in total. The fraction of sp³-hybridized carbons (Fsp3) is 0.333. The van der Waals surface area contributed by atoms with Crippen molar-refractivity contribution in [2.24, 2.45) is 0 Å². The van der Waals surface area contributed by atoms with Gasteiger partial charge in [0.15, 0.2) is 0 Å². The normalized spacial score (nSPS) is 9.93. The Hall–Kier alpha value is -1.29. The maximum Gasteiger partial charge on any atom is 0.322 e. The molecule has 0 saturated carbocycles. The number of carbonyl (C=O) groups is 1. The average molecular weight is 215 g/mol. The number of pyridine rings is 1. The number of hydrogen-bond donors (Lipinski definition) is 2. The van der Waals surface area contributed by atoms with Crippen LogP contribution in [0.2, 0.25) is 5.02 Å². The lowest BCUT2D eigenvalue weighted by atomic mass is 10.2. The lowest BCUT2D eigenvalue weighted by Gasteiger charge is -2.07. The van der Waals surface area contributed by atoms with Crippen molar-refractivity contribution in [1.29, 1.82) is 0 Å². The van der Waals surface area contributed by atoms with Gasteiger partial charge in [-0.3, -0.25) is 4.79 Å². The van der Waals surface area contributed by atoms with Crippen LogP contribution in [0, 0.1) is 13.8 Å². The molecule has 0 atom stereocenters. The average Bonchev–Trinajstić information content (AvgIpc) is 2.10. The third kappa shape index (κ3) is 2.60. The van der Waals surface area contributed by atoms with Gasteiger partial charge < -0.3 is 10.4 Å². The summed E-state index contributed by atoms with van der Waals surface area (Å²) in [5.41, 5.74) is 1.58. The summed E-state index contributed by atoms with van der Waals surface area (Å²) in [6, 6.07) is 1.72. The zero-order valence-corrected chi connectivity index (χ0v) is 8.72. The summed E-state index contributed by atoms with van der Waals surface area (Å²) in [5, 5.41) is 11.8. The quantitative estimate of drug-likeness (QED) is 0.806. The number of aryl methyl sites for hydroxylation is 2. The predicted octanol–water partition coefficient (Wildman–Crippen LogP) is 1.85. The number of nitrogens with zero attached hydrogens (tertiary/aromatic N) is 1. The minimum Gasteiger partial charge on any atom is -0.480 e. The van der Waals surface area contributed by atoms with Crippen molar-refractivity contribution in [3.63, 3.8) is 0 Å². The van der Waals surface area contributed by atoms with Gasteiger partial charge in [-0.2, -0.15) is 0 Å². The smallest absolute Gasteiger partial charge is 0.322 e. The van der Waals surface area contributed by atoms with Gasteiger partial charge in [-0.1, -0.05) is 11.6 Å². The molecule has 0 aliphatic rings. The van der Waals surface area contributed by atoms with E-state index in [9.17, 15) is 4.79 Å². The highest BCUT2D eigenvalue weighted by atomic mass is 35.5. The third-order valence-corrected chi connectivity index (χ3v) is 2.30. The van der Waals surface area contributed by atoms with Crippen molar-refractivity contribution in [1.82, 2.24) is 4.98 Å². The van der Waals surface area contributed by atoms with Crippen LogP contribution in [0.5, 0.6) is 0 Å². The van der Waals surface area contributed by atoms with Crippen molar-refractivity contribution in [2.75, 3.05) is 11.9 Å². The molecule has 1 aromatic heterocycles. The predicted molar refractivity (Wildman–Crippen MR) is 54.8 cm³/mol. The van der Waals surface area contributed by atoms with E-state index in [0.29, 0.717) is 16.5 Å². The highest BCUT2D eigenvalue weighted by Gasteiger charge is 2.04. The number of carboxylic acid groups (broad SMARTS) is 1. The monoisotopic (exact) mass is 214 g/mol. The molecule has 0 fully saturated rings. The minimum atomic E-state index is -0.919. The first-order valence-corrected chi connectivity index (χ1v) is 4.48. The van der Waals surface area contributed by atoms with Gasteiger partial charge in [0.05, 0.1) is 10.7 Å². The summed E-state index contributed by atoms with van der Waals surface area (Å²) >= 11 is 5.91. The second-order valence-corrected chi connectivity index (χ2v) is 3.35. The molecule has 0 aliphatic heterocycles. The maximum absolute atomic E-state index is 10.3. The Morgan fingerprint density at radius 3 is 2.79 bits per heavy atom. The molecule has 0 spiro atoms. The summed E-state index contributed by atoms with van der Waals surface area (Å²) in [6.07, 6.45) is 0. The van der Waals surface area contributed by atoms with Crippen molar-refractivity contribution in [2.45, 2.75) is 13.8 Å². The first-order valence-electron chi connectivity index (χ1n) is 4.10. The van der Waals surface area contributed by atoms with E-state index in [1.807, 2.05) is 6.92 Å². The van der Waals surface area contributed by atoms with Gasteiger partial charge in [-0.05, 0) is 25.5 Å². The van der Waals surface area contributed by atoms with Crippen molar-refractivity contribution in [3.8, 4) is 0 Å². The summed E-state index contributed by atoms with van der Waals surface area (Å²) < 4.78 is 0. The Morgan fingerprint density at radius 2 is 2.29 bits per heavy atom. The van der Waals surface area contributed by atoms with E-state index >= 15 is 0 Å². The zero-order valence-electron chi connectivity index (χ0n) is 7.97. The molecule has 1 aromatic rings. The van der Waals surface area contributed by atoms with Gasteiger partial charge in [-0.25, -0.2) is 4.98 Å². The van der Waals surface area contributed by atoms with Gasteiger partial charge in [0, 0.05) is 0 Å². The molecule has 1 heterocycles. The zero-order chi connectivity index (χ0) is 10.7. The van der Waals surface area contributed by atoms with Crippen molar-refractivity contribution < 1.29 is 9.90 Å². The lowest BCUT2D eigenvalue weighted by Crippen LogP contribution is -2.13. The van der Waals surface area contributed by atoms with Crippen LogP contribution in [-0.2, 0) is 4.79 Å². The molecule has 0 aromatic carbocycles. The number of aromatic nitrogens is 1. The van der Waals surface area contributed by atoms with Gasteiger partial charge in [0.1, 0.15) is 12.4 Å². The number of rotatable bonds is 3. The van der Waals surface area contributed by atoms with Crippen molar-refractivity contribution >= 4 is 23.4 Å². The second kappa shape index (κ2) is 4.28. The minimum absolute atomic E-state index is 0.145. The van der Waals surface area contributed by atoms with Crippen LogP contribution in [0.1, 0.15) is 11.3 Å². The topological polar surface area (TPSA) is 62.2 Å². The van der Waals surface area contributed by atoms with E-state index in [-0.39, 0.29) is 6.54 Å². The van der Waals surface area contributed by atoms with Gasteiger partial charge >= 0.3 is 5.97 Å². The first-order chi connectivity index (χ1) is 6.50. The Morgan fingerprint density at radius 1 is 1.64 bits per heavy atom. The van der Waals surface area contributed by atoms with Gasteiger partial charge in [0.25, 0.3) is 0 Å².